The van der Waals surface area contributed by atoms with Crippen molar-refractivity contribution in [3.63, 3.8) is 0 Å². The average molecular weight is 396 g/mol. The van der Waals surface area contributed by atoms with E-state index < -0.39 is 0 Å². The standard InChI is InChI=1S/C20H20N4O3S/c1-23-15-7-3-5-9-17(15)28-20(23)22-21-18(25)10-11-19(26)24-12-13-27-16-8-4-2-6-14(16)24/h2-9H,10-13H2,1H3,(H,21,25)/b22-20-. The van der Waals surface area contributed by atoms with Gasteiger partial charge in [-0.15, -0.1) is 5.10 Å². The summed E-state index contributed by atoms with van der Waals surface area (Å²) >= 11 is 1.50. The average Bonchev–Trinajstić information content (AvgIpc) is 3.06. The summed E-state index contributed by atoms with van der Waals surface area (Å²) in [6.45, 7) is 0.937. The van der Waals surface area contributed by atoms with Crippen molar-refractivity contribution in [2.75, 3.05) is 18.1 Å². The molecule has 2 amide bonds. The number of aromatic nitrogens is 1. The number of aryl methyl sites for hydroxylation is 1. The molecule has 1 aliphatic heterocycles. The molecule has 0 saturated carbocycles. The van der Waals surface area contributed by atoms with Crippen LogP contribution in [0.1, 0.15) is 12.8 Å². The fourth-order valence-electron chi connectivity index (χ4n) is 3.14. The number of fused-ring (bicyclic) bond motifs is 2. The molecule has 1 aromatic heterocycles. The van der Waals surface area contributed by atoms with Crippen molar-refractivity contribution < 1.29 is 14.3 Å². The smallest absolute Gasteiger partial charge is 0.240 e. The maximum absolute atomic E-state index is 12.6. The molecular formula is C20H20N4O3S. The normalized spacial score (nSPS) is 13.9. The molecule has 0 saturated heterocycles. The number of hydrogen-bond donors (Lipinski definition) is 1. The van der Waals surface area contributed by atoms with Crippen LogP contribution in [-0.2, 0) is 16.6 Å². The van der Waals surface area contributed by atoms with Gasteiger partial charge in [0.15, 0.2) is 0 Å². The first-order valence-corrected chi connectivity index (χ1v) is 9.84. The lowest BCUT2D eigenvalue weighted by molar-refractivity contribution is -0.125. The molecule has 0 fully saturated rings. The molecule has 0 unspecified atom stereocenters. The molecule has 3 aromatic rings. The summed E-state index contributed by atoms with van der Waals surface area (Å²) in [6, 6.07) is 15.4. The first-order chi connectivity index (χ1) is 13.6. The van der Waals surface area contributed by atoms with E-state index in [0.29, 0.717) is 23.7 Å². The van der Waals surface area contributed by atoms with Crippen molar-refractivity contribution in [1.29, 1.82) is 0 Å². The van der Waals surface area contributed by atoms with E-state index in [4.69, 9.17) is 4.74 Å². The third-order valence-corrected chi connectivity index (χ3v) is 5.70. The quantitative estimate of drug-likeness (QED) is 0.688. The monoisotopic (exact) mass is 396 g/mol. The number of para-hydroxylation sites is 3. The van der Waals surface area contributed by atoms with E-state index in [1.165, 1.54) is 11.3 Å². The zero-order valence-corrected chi connectivity index (χ0v) is 16.2. The summed E-state index contributed by atoms with van der Waals surface area (Å²) in [4.78, 5) is 27.1. The number of anilines is 1. The Hall–Kier alpha value is -3.13. The molecule has 0 atom stereocenters. The highest BCUT2D eigenvalue weighted by molar-refractivity contribution is 7.16. The van der Waals surface area contributed by atoms with E-state index in [1.54, 1.807) is 4.90 Å². The minimum absolute atomic E-state index is 0.0798. The molecule has 28 heavy (non-hydrogen) atoms. The van der Waals surface area contributed by atoms with Gasteiger partial charge in [-0.05, 0) is 24.3 Å². The molecule has 0 bridgehead atoms. The number of carbonyl (C=O) groups excluding carboxylic acids is 2. The molecule has 4 rings (SSSR count). The molecule has 0 radical (unpaired) electrons. The minimum atomic E-state index is -0.285. The minimum Gasteiger partial charge on any atom is -0.490 e. The Labute approximate surface area is 165 Å². The van der Waals surface area contributed by atoms with Crippen LogP contribution in [0.25, 0.3) is 10.2 Å². The first-order valence-electron chi connectivity index (χ1n) is 9.03. The van der Waals surface area contributed by atoms with Gasteiger partial charge in [0.25, 0.3) is 0 Å². The second-order valence-electron chi connectivity index (χ2n) is 6.42. The van der Waals surface area contributed by atoms with Gasteiger partial charge in [0.1, 0.15) is 12.4 Å². The van der Waals surface area contributed by atoms with E-state index in [1.807, 2.05) is 60.1 Å². The van der Waals surface area contributed by atoms with Crippen molar-refractivity contribution in [2.45, 2.75) is 12.8 Å². The maximum Gasteiger partial charge on any atom is 0.240 e. The first kappa shape index (κ1) is 18.2. The lowest BCUT2D eigenvalue weighted by atomic mass is 10.2. The number of nitrogens with one attached hydrogen (secondary N) is 1. The van der Waals surface area contributed by atoms with Gasteiger partial charge in [0, 0.05) is 19.9 Å². The van der Waals surface area contributed by atoms with Crippen molar-refractivity contribution in [3.05, 3.63) is 53.3 Å². The number of hydrogen-bond acceptors (Lipinski definition) is 5. The van der Waals surface area contributed by atoms with Crippen molar-refractivity contribution in [3.8, 4) is 5.75 Å². The predicted molar refractivity (Wildman–Crippen MR) is 108 cm³/mol. The molecule has 0 spiro atoms. The van der Waals surface area contributed by atoms with Crippen LogP contribution in [0.5, 0.6) is 5.75 Å². The molecule has 7 nitrogen and oxygen atoms in total. The summed E-state index contributed by atoms with van der Waals surface area (Å²) < 4.78 is 8.59. The van der Waals surface area contributed by atoms with Gasteiger partial charge < -0.3 is 14.2 Å². The van der Waals surface area contributed by atoms with Crippen molar-refractivity contribution in [1.82, 2.24) is 9.99 Å². The van der Waals surface area contributed by atoms with Gasteiger partial charge in [0.05, 0.1) is 22.4 Å². The van der Waals surface area contributed by atoms with Gasteiger partial charge in [-0.2, -0.15) is 0 Å². The fourth-order valence-corrected chi connectivity index (χ4v) is 4.12. The maximum atomic E-state index is 12.6. The summed E-state index contributed by atoms with van der Waals surface area (Å²) in [5.74, 6) is 0.310. The number of thiazole rings is 1. The van der Waals surface area contributed by atoms with Crippen LogP contribution in [-0.4, -0.2) is 29.5 Å². The number of carbonyl (C=O) groups is 2. The molecule has 2 aromatic carbocycles. The Balaban J connectivity index is 1.38. The zero-order chi connectivity index (χ0) is 19.5. The van der Waals surface area contributed by atoms with Crippen molar-refractivity contribution >= 4 is 39.1 Å². The van der Waals surface area contributed by atoms with E-state index >= 15 is 0 Å². The van der Waals surface area contributed by atoms with Crippen LogP contribution < -0.4 is 19.9 Å². The second-order valence-corrected chi connectivity index (χ2v) is 7.43. The Bertz CT molecular complexity index is 1100. The number of benzene rings is 2. The predicted octanol–water partition coefficient (Wildman–Crippen LogP) is 2.38. The largest absolute Gasteiger partial charge is 0.490 e. The molecule has 144 valence electrons. The lowest BCUT2D eigenvalue weighted by Crippen LogP contribution is -2.38. The van der Waals surface area contributed by atoms with E-state index in [9.17, 15) is 9.59 Å². The Morgan fingerprint density at radius 3 is 2.79 bits per heavy atom. The highest BCUT2D eigenvalue weighted by Gasteiger charge is 2.23. The molecule has 2 heterocycles. The van der Waals surface area contributed by atoms with E-state index in [0.717, 1.165) is 15.9 Å². The Kier molecular flexibility index (Phi) is 5.12. The Morgan fingerprint density at radius 1 is 1.14 bits per heavy atom. The van der Waals surface area contributed by atoms with Gasteiger partial charge in [0.2, 0.25) is 16.6 Å². The van der Waals surface area contributed by atoms with Gasteiger partial charge in [-0.1, -0.05) is 35.6 Å². The molecule has 1 aliphatic rings. The molecule has 1 N–H and O–H groups in total. The van der Waals surface area contributed by atoms with Crippen molar-refractivity contribution in [2.24, 2.45) is 12.1 Å². The number of ether oxygens (including phenoxy) is 1. The van der Waals surface area contributed by atoms with Crippen LogP contribution in [0.3, 0.4) is 0 Å². The van der Waals surface area contributed by atoms with Crippen LogP contribution in [0.15, 0.2) is 53.6 Å². The van der Waals surface area contributed by atoms with E-state index in [2.05, 4.69) is 10.5 Å². The fraction of sp³-hybridized carbons (Fsp3) is 0.250. The summed E-state index contributed by atoms with van der Waals surface area (Å²) in [5.41, 5.74) is 4.37. The van der Waals surface area contributed by atoms with Crippen LogP contribution >= 0.6 is 11.3 Å². The number of amides is 2. The third kappa shape index (κ3) is 3.63. The second kappa shape index (κ2) is 7.85. The lowest BCUT2D eigenvalue weighted by Gasteiger charge is -2.29. The Morgan fingerprint density at radius 2 is 1.93 bits per heavy atom. The topological polar surface area (TPSA) is 75.9 Å². The molecule has 0 aliphatic carbocycles. The highest BCUT2D eigenvalue weighted by atomic mass is 32.1. The van der Waals surface area contributed by atoms with E-state index in [-0.39, 0.29) is 24.7 Å². The summed E-state index contributed by atoms with van der Waals surface area (Å²) in [6.07, 6.45) is 0.199. The van der Waals surface area contributed by atoms with Gasteiger partial charge in [-0.25, -0.2) is 5.43 Å². The third-order valence-electron chi connectivity index (χ3n) is 4.59. The highest BCUT2D eigenvalue weighted by Crippen LogP contribution is 2.31. The van der Waals surface area contributed by atoms with Gasteiger partial charge >= 0.3 is 0 Å². The molecular weight excluding hydrogens is 376 g/mol. The summed E-state index contributed by atoms with van der Waals surface area (Å²) in [7, 11) is 1.91. The SMILES string of the molecule is Cn1/c(=N/NC(=O)CCC(=O)N2CCOc3ccccc32)sc2ccccc21. The van der Waals surface area contributed by atoms with Gasteiger partial charge in [-0.3, -0.25) is 9.59 Å². The molecule has 8 heteroatoms. The van der Waals surface area contributed by atoms with Crippen LogP contribution in [0.4, 0.5) is 5.69 Å². The summed E-state index contributed by atoms with van der Waals surface area (Å²) in [5, 5.41) is 4.21. The van der Waals surface area contributed by atoms with Crippen LogP contribution in [0.2, 0.25) is 0 Å². The number of nitrogens with zero attached hydrogens (tertiary/aromatic N) is 3. The number of rotatable bonds is 4. The van der Waals surface area contributed by atoms with Crippen LogP contribution in [0, 0.1) is 0 Å². The zero-order valence-electron chi connectivity index (χ0n) is 15.4.